The summed E-state index contributed by atoms with van der Waals surface area (Å²) < 4.78 is 0. The standard InChI is InChI=1S/C18H22N4O/c1-14-10-20-12-17(21-14)16-5-3-9-22(13-16)18(23)7-6-15-4-2-8-19-11-15/h2,4,8,10-12,16H,3,5-7,9,13H2,1H3. The predicted molar refractivity (Wildman–Crippen MR) is 87.9 cm³/mol. The van der Waals surface area contributed by atoms with Gasteiger partial charge >= 0.3 is 0 Å². The Bertz CT molecular complexity index is 659. The van der Waals surface area contributed by atoms with Crippen molar-refractivity contribution < 1.29 is 4.79 Å². The van der Waals surface area contributed by atoms with Crippen molar-refractivity contribution in [1.82, 2.24) is 19.9 Å². The van der Waals surface area contributed by atoms with E-state index in [0.717, 1.165) is 49.3 Å². The fraction of sp³-hybridized carbons (Fsp3) is 0.444. The number of aryl methyl sites for hydroxylation is 2. The molecule has 2 aromatic rings. The highest BCUT2D eigenvalue weighted by molar-refractivity contribution is 5.76. The Kier molecular flexibility index (Phi) is 4.95. The van der Waals surface area contributed by atoms with Gasteiger partial charge in [-0.2, -0.15) is 0 Å². The number of rotatable bonds is 4. The van der Waals surface area contributed by atoms with Crippen LogP contribution in [0.5, 0.6) is 0 Å². The summed E-state index contributed by atoms with van der Waals surface area (Å²) in [6.45, 7) is 3.56. The fourth-order valence-corrected chi connectivity index (χ4v) is 3.08. The third-order valence-electron chi connectivity index (χ3n) is 4.32. The highest BCUT2D eigenvalue weighted by atomic mass is 16.2. The van der Waals surface area contributed by atoms with Crippen LogP contribution in [0.2, 0.25) is 0 Å². The molecule has 3 heterocycles. The Labute approximate surface area is 136 Å². The molecule has 0 radical (unpaired) electrons. The van der Waals surface area contributed by atoms with Gasteiger partial charge in [-0.15, -0.1) is 0 Å². The molecule has 1 saturated heterocycles. The van der Waals surface area contributed by atoms with Crippen molar-refractivity contribution >= 4 is 5.91 Å². The van der Waals surface area contributed by atoms with E-state index in [2.05, 4.69) is 15.0 Å². The Morgan fingerprint density at radius 1 is 1.30 bits per heavy atom. The molecule has 120 valence electrons. The summed E-state index contributed by atoms with van der Waals surface area (Å²) in [6.07, 6.45) is 10.6. The van der Waals surface area contributed by atoms with E-state index in [-0.39, 0.29) is 5.91 Å². The van der Waals surface area contributed by atoms with E-state index < -0.39 is 0 Å². The third-order valence-corrected chi connectivity index (χ3v) is 4.32. The molecule has 2 aromatic heterocycles. The van der Waals surface area contributed by atoms with E-state index in [1.54, 1.807) is 12.4 Å². The molecule has 0 aliphatic carbocycles. The van der Waals surface area contributed by atoms with Gasteiger partial charge in [0.15, 0.2) is 0 Å². The molecule has 1 amide bonds. The first kappa shape index (κ1) is 15.6. The highest BCUT2D eigenvalue weighted by Gasteiger charge is 2.25. The molecule has 23 heavy (non-hydrogen) atoms. The number of pyridine rings is 1. The zero-order chi connectivity index (χ0) is 16.1. The molecule has 1 fully saturated rings. The molecule has 0 aromatic carbocycles. The van der Waals surface area contributed by atoms with Gasteiger partial charge in [-0.05, 0) is 37.8 Å². The number of hydrogen-bond acceptors (Lipinski definition) is 4. The summed E-state index contributed by atoms with van der Waals surface area (Å²) in [5.41, 5.74) is 3.05. The van der Waals surface area contributed by atoms with E-state index in [4.69, 9.17) is 0 Å². The third kappa shape index (κ3) is 4.12. The van der Waals surface area contributed by atoms with E-state index in [1.807, 2.05) is 36.4 Å². The van der Waals surface area contributed by atoms with Crippen LogP contribution < -0.4 is 0 Å². The van der Waals surface area contributed by atoms with Crippen LogP contribution in [0.1, 0.15) is 42.1 Å². The lowest BCUT2D eigenvalue weighted by Crippen LogP contribution is -2.39. The minimum Gasteiger partial charge on any atom is -0.342 e. The Balaban J connectivity index is 1.58. The summed E-state index contributed by atoms with van der Waals surface area (Å²) in [5, 5.41) is 0. The van der Waals surface area contributed by atoms with Crippen LogP contribution in [0.4, 0.5) is 0 Å². The van der Waals surface area contributed by atoms with Crippen LogP contribution >= 0.6 is 0 Å². The number of aromatic nitrogens is 3. The second-order valence-electron chi connectivity index (χ2n) is 6.13. The molecule has 5 heteroatoms. The summed E-state index contributed by atoms with van der Waals surface area (Å²) in [5.74, 6) is 0.526. The molecular formula is C18H22N4O. The molecular weight excluding hydrogens is 288 g/mol. The minimum atomic E-state index is 0.221. The number of carbonyl (C=O) groups excluding carboxylic acids is 1. The first-order chi connectivity index (χ1) is 11.2. The second kappa shape index (κ2) is 7.31. The Hall–Kier alpha value is -2.30. The predicted octanol–water partition coefficient (Wildman–Crippen LogP) is 2.52. The van der Waals surface area contributed by atoms with Gasteiger partial charge in [0, 0.05) is 50.2 Å². The van der Waals surface area contributed by atoms with Gasteiger partial charge in [0.25, 0.3) is 0 Å². The van der Waals surface area contributed by atoms with E-state index in [0.29, 0.717) is 12.3 Å². The summed E-state index contributed by atoms with van der Waals surface area (Å²) in [4.78, 5) is 27.4. The topological polar surface area (TPSA) is 59.0 Å². The first-order valence-electron chi connectivity index (χ1n) is 8.17. The largest absolute Gasteiger partial charge is 0.342 e. The summed E-state index contributed by atoms with van der Waals surface area (Å²) in [6, 6.07) is 3.93. The maximum absolute atomic E-state index is 12.5. The van der Waals surface area contributed by atoms with Crippen molar-refractivity contribution in [2.24, 2.45) is 0 Å². The lowest BCUT2D eigenvalue weighted by atomic mass is 9.94. The quantitative estimate of drug-likeness (QED) is 0.870. The van der Waals surface area contributed by atoms with Gasteiger partial charge in [-0.3, -0.25) is 19.7 Å². The fourth-order valence-electron chi connectivity index (χ4n) is 3.08. The second-order valence-corrected chi connectivity index (χ2v) is 6.13. The lowest BCUT2D eigenvalue weighted by molar-refractivity contribution is -0.132. The van der Waals surface area contributed by atoms with Gasteiger partial charge in [0.1, 0.15) is 0 Å². The molecule has 0 spiro atoms. The molecule has 0 saturated carbocycles. The molecule has 1 unspecified atom stereocenters. The SMILES string of the molecule is Cc1cncc(C2CCCN(C(=O)CCc3cccnc3)C2)n1. The zero-order valence-corrected chi connectivity index (χ0v) is 13.5. The normalized spacial score (nSPS) is 18.0. The molecule has 1 aliphatic heterocycles. The van der Waals surface area contributed by atoms with Crippen molar-refractivity contribution in [2.75, 3.05) is 13.1 Å². The zero-order valence-electron chi connectivity index (χ0n) is 13.5. The van der Waals surface area contributed by atoms with Gasteiger partial charge in [0.2, 0.25) is 5.91 Å². The van der Waals surface area contributed by atoms with Crippen LogP contribution in [-0.2, 0) is 11.2 Å². The van der Waals surface area contributed by atoms with Crippen LogP contribution in [0.3, 0.4) is 0 Å². The van der Waals surface area contributed by atoms with E-state index in [9.17, 15) is 4.79 Å². The van der Waals surface area contributed by atoms with Gasteiger partial charge < -0.3 is 4.90 Å². The summed E-state index contributed by atoms with van der Waals surface area (Å²) in [7, 11) is 0. The summed E-state index contributed by atoms with van der Waals surface area (Å²) >= 11 is 0. The average Bonchev–Trinajstić information content (AvgIpc) is 2.61. The highest BCUT2D eigenvalue weighted by Crippen LogP contribution is 2.25. The van der Waals surface area contributed by atoms with Gasteiger partial charge in [-0.1, -0.05) is 6.07 Å². The lowest BCUT2D eigenvalue weighted by Gasteiger charge is -2.32. The smallest absolute Gasteiger partial charge is 0.222 e. The molecule has 3 rings (SSSR count). The average molecular weight is 310 g/mol. The van der Waals surface area contributed by atoms with Crippen LogP contribution in [0.15, 0.2) is 36.9 Å². The molecule has 5 nitrogen and oxygen atoms in total. The number of hydrogen-bond donors (Lipinski definition) is 0. The van der Waals surface area contributed by atoms with E-state index in [1.165, 1.54) is 0 Å². The van der Waals surface area contributed by atoms with Crippen LogP contribution in [0, 0.1) is 6.92 Å². The maximum Gasteiger partial charge on any atom is 0.222 e. The van der Waals surface area contributed by atoms with Crippen molar-refractivity contribution in [1.29, 1.82) is 0 Å². The van der Waals surface area contributed by atoms with Gasteiger partial charge in [-0.25, -0.2) is 0 Å². The minimum absolute atomic E-state index is 0.221. The van der Waals surface area contributed by atoms with Crippen molar-refractivity contribution in [2.45, 2.75) is 38.5 Å². The monoisotopic (exact) mass is 310 g/mol. The molecule has 1 aliphatic rings. The molecule has 0 N–H and O–H groups in total. The van der Waals surface area contributed by atoms with Crippen molar-refractivity contribution in [3.63, 3.8) is 0 Å². The maximum atomic E-state index is 12.5. The Morgan fingerprint density at radius 2 is 2.22 bits per heavy atom. The number of carbonyl (C=O) groups is 1. The van der Waals surface area contributed by atoms with Crippen molar-refractivity contribution in [3.8, 4) is 0 Å². The number of nitrogens with zero attached hydrogens (tertiary/aromatic N) is 4. The van der Waals surface area contributed by atoms with Crippen molar-refractivity contribution in [3.05, 3.63) is 53.9 Å². The number of piperidine rings is 1. The van der Waals surface area contributed by atoms with Crippen LogP contribution in [-0.4, -0.2) is 38.8 Å². The first-order valence-corrected chi connectivity index (χ1v) is 8.17. The van der Waals surface area contributed by atoms with Gasteiger partial charge in [0.05, 0.1) is 11.4 Å². The molecule has 0 bridgehead atoms. The number of amides is 1. The Morgan fingerprint density at radius 3 is 3.00 bits per heavy atom. The van der Waals surface area contributed by atoms with E-state index >= 15 is 0 Å². The van der Waals surface area contributed by atoms with Crippen LogP contribution in [0.25, 0.3) is 0 Å². The molecule has 1 atom stereocenters. The number of likely N-dealkylation sites (tertiary alicyclic amines) is 1.